The maximum atomic E-state index is 13.3. The topological polar surface area (TPSA) is 65.0 Å². The van der Waals surface area contributed by atoms with E-state index in [1.54, 1.807) is 6.07 Å². The quantitative estimate of drug-likeness (QED) is 0.391. The molecule has 184 valence electrons. The molecule has 1 N–H and O–H groups in total. The number of benzene rings is 2. The predicted octanol–water partition coefficient (Wildman–Crippen LogP) is 7.98. The molecule has 0 saturated heterocycles. The van der Waals surface area contributed by atoms with Crippen LogP contribution < -0.4 is 0 Å². The molecule has 2 aromatic rings. The van der Waals surface area contributed by atoms with Crippen LogP contribution in [0.5, 0.6) is 5.75 Å². The molecular formula is C27H41O5P. The van der Waals surface area contributed by atoms with Crippen LogP contribution in [0.4, 0.5) is 0 Å². The Morgan fingerprint density at radius 3 is 1.85 bits per heavy atom. The fourth-order valence-electron chi connectivity index (χ4n) is 3.72. The molecule has 0 saturated carbocycles. The van der Waals surface area contributed by atoms with Crippen molar-refractivity contribution in [3.05, 3.63) is 63.7 Å². The van der Waals surface area contributed by atoms with Crippen molar-refractivity contribution >= 4 is 7.82 Å². The number of hydrogen-bond acceptors (Lipinski definition) is 5. The number of phenols is 1. The van der Waals surface area contributed by atoms with Crippen molar-refractivity contribution in [2.75, 3.05) is 0 Å². The zero-order chi connectivity index (χ0) is 25.2. The van der Waals surface area contributed by atoms with Gasteiger partial charge in [0.25, 0.3) is 0 Å². The van der Waals surface area contributed by atoms with Crippen molar-refractivity contribution in [1.29, 1.82) is 0 Å². The van der Waals surface area contributed by atoms with Crippen molar-refractivity contribution in [3.63, 3.8) is 0 Å². The van der Waals surface area contributed by atoms with Gasteiger partial charge in [0.15, 0.2) is 0 Å². The van der Waals surface area contributed by atoms with E-state index in [4.69, 9.17) is 13.6 Å². The van der Waals surface area contributed by atoms with Gasteiger partial charge in [-0.3, -0.25) is 13.6 Å². The third kappa shape index (κ3) is 8.57. The minimum absolute atomic E-state index is 0.127. The third-order valence-corrected chi connectivity index (χ3v) is 7.00. The van der Waals surface area contributed by atoms with E-state index < -0.39 is 19.0 Å². The number of phosphoric ester groups is 1. The minimum Gasteiger partial charge on any atom is -0.508 e. The molecular weight excluding hydrogens is 435 g/mol. The fourth-order valence-corrected chi connectivity index (χ4v) is 5.51. The summed E-state index contributed by atoms with van der Waals surface area (Å²) in [5.41, 5.74) is 5.20. The summed E-state index contributed by atoms with van der Waals surface area (Å²) in [7, 11) is -3.77. The summed E-state index contributed by atoms with van der Waals surface area (Å²) in [6.45, 7) is 19.4. The van der Waals surface area contributed by atoms with E-state index in [2.05, 4.69) is 45.9 Å². The third-order valence-electron chi connectivity index (χ3n) is 5.01. The SMILES string of the molecule is Cc1cc(COP(=O)(OC(C)(C)C)OC(C)(C)C)cc(C)c1Cc1ccc(O)c(C(C)C)c1. The van der Waals surface area contributed by atoms with Crippen LogP contribution in [-0.2, 0) is 31.2 Å². The molecule has 0 unspecified atom stereocenters. The lowest BCUT2D eigenvalue weighted by Crippen LogP contribution is -2.24. The van der Waals surface area contributed by atoms with Crippen LogP contribution in [0.15, 0.2) is 30.3 Å². The lowest BCUT2D eigenvalue weighted by molar-refractivity contribution is 0.000835. The first-order valence-electron chi connectivity index (χ1n) is 11.5. The summed E-state index contributed by atoms with van der Waals surface area (Å²) in [5, 5.41) is 10.1. The van der Waals surface area contributed by atoms with Gasteiger partial charge in [0, 0.05) is 0 Å². The maximum absolute atomic E-state index is 13.3. The first-order chi connectivity index (χ1) is 15.0. The molecule has 0 atom stereocenters. The number of aryl methyl sites for hydroxylation is 2. The Labute approximate surface area is 200 Å². The van der Waals surface area contributed by atoms with Crippen molar-refractivity contribution in [2.45, 2.75) is 99.4 Å². The Hall–Kier alpha value is -1.65. The monoisotopic (exact) mass is 476 g/mol. The number of rotatable bonds is 8. The average molecular weight is 477 g/mol. The van der Waals surface area contributed by atoms with Crippen LogP contribution in [0.2, 0.25) is 0 Å². The fraction of sp³-hybridized carbons (Fsp3) is 0.556. The van der Waals surface area contributed by atoms with Gasteiger partial charge in [-0.25, -0.2) is 4.57 Å². The predicted molar refractivity (Wildman–Crippen MR) is 135 cm³/mol. The molecule has 33 heavy (non-hydrogen) atoms. The molecule has 2 aromatic carbocycles. The summed E-state index contributed by atoms with van der Waals surface area (Å²) in [4.78, 5) is 0. The van der Waals surface area contributed by atoms with Crippen LogP contribution in [0.3, 0.4) is 0 Å². The van der Waals surface area contributed by atoms with E-state index >= 15 is 0 Å². The van der Waals surface area contributed by atoms with Gasteiger partial charge in [0.1, 0.15) is 5.75 Å². The van der Waals surface area contributed by atoms with Gasteiger partial charge in [0.05, 0.1) is 17.8 Å². The summed E-state index contributed by atoms with van der Waals surface area (Å²) in [6, 6.07) is 9.95. The summed E-state index contributed by atoms with van der Waals surface area (Å²) in [5.74, 6) is 0.599. The zero-order valence-electron chi connectivity index (χ0n) is 21.9. The highest BCUT2D eigenvalue weighted by Gasteiger charge is 2.37. The molecule has 0 heterocycles. The van der Waals surface area contributed by atoms with Crippen LogP contribution in [0.25, 0.3) is 0 Å². The minimum atomic E-state index is -3.77. The number of phosphoric acid groups is 1. The molecule has 5 nitrogen and oxygen atoms in total. The van der Waals surface area contributed by atoms with Crippen molar-refractivity contribution < 1.29 is 23.2 Å². The molecule has 0 radical (unpaired) electrons. The molecule has 0 aliphatic rings. The Morgan fingerprint density at radius 1 is 0.879 bits per heavy atom. The Morgan fingerprint density at radius 2 is 1.39 bits per heavy atom. The largest absolute Gasteiger partial charge is 0.508 e. The second-order valence-electron chi connectivity index (χ2n) is 11.1. The summed E-state index contributed by atoms with van der Waals surface area (Å²) >= 11 is 0. The highest BCUT2D eigenvalue weighted by atomic mass is 31.2. The first kappa shape index (κ1) is 27.6. The van der Waals surface area contributed by atoms with Crippen LogP contribution >= 0.6 is 7.82 Å². The van der Waals surface area contributed by atoms with E-state index in [0.717, 1.165) is 34.2 Å². The maximum Gasteiger partial charge on any atom is 0.476 e. The standard InChI is InChI=1S/C27H41O5P/c1-18(2)23-15-21(11-12-25(23)28)16-24-19(3)13-22(14-20(24)4)17-30-33(29,31-26(5,6)7)32-27(8,9)10/h11-15,18,28H,16-17H2,1-10H3. The van der Waals surface area contributed by atoms with E-state index in [-0.39, 0.29) is 12.5 Å². The summed E-state index contributed by atoms with van der Waals surface area (Å²) in [6.07, 6.45) is 0.775. The van der Waals surface area contributed by atoms with Crippen LogP contribution in [-0.4, -0.2) is 16.3 Å². The molecule has 2 rings (SSSR count). The van der Waals surface area contributed by atoms with E-state index in [1.807, 2.05) is 47.6 Å². The van der Waals surface area contributed by atoms with E-state index in [9.17, 15) is 9.67 Å². The van der Waals surface area contributed by atoms with Crippen molar-refractivity contribution in [1.82, 2.24) is 0 Å². The molecule has 0 aliphatic heterocycles. The number of aromatic hydroxyl groups is 1. The van der Waals surface area contributed by atoms with Gasteiger partial charge >= 0.3 is 7.82 Å². The van der Waals surface area contributed by atoms with Crippen molar-refractivity contribution in [2.24, 2.45) is 0 Å². The molecule has 0 spiro atoms. The Balaban J connectivity index is 2.24. The van der Waals surface area contributed by atoms with Gasteiger partial charge in [-0.15, -0.1) is 0 Å². The smallest absolute Gasteiger partial charge is 0.476 e. The van der Waals surface area contributed by atoms with Crippen LogP contribution in [0, 0.1) is 13.8 Å². The molecule has 0 fully saturated rings. The molecule has 0 amide bonds. The molecule has 0 bridgehead atoms. The molecule has 0 aliphatic carbocycles. The second-order valence-corrected chi connectivity index (χ2v) is 12.6. The highest BCUT2D eigenvalue weighted by Crippen LogP contribution is 2.56. The van der Waals surface area contributed by atoms with Gasteiger partial charge in [-0.2, -0.15) is 0 Å². The zero-order valence-corrected chi connectivity index (χ0v) is 22.8. The second kappa shape index (κ2) is 10.3. The molecule has 0 aromatic heterocycles. The van der Waals surface area contributed by atoms with E-state index in [1.165, 1.54) is 5.56 Å². The van der Waals surface area contributed by atoms with Crippen molar-refractivity contribution in [3.8, 4) is 5.75 Å². The lowest BCUT2D eigenvalue weighted by atomic mass is 9.92. The first-order valence-corrected chi connectivity index (χ1v) is 13.0. The average Bonchev–Trinajstić information content (AvgIpc) is 2.61. The van der Waals surface area contributed by atoms with E-state index in [0.29, 0.717) is 5.75 Å². The van der Waals surface area contributed by atoms with Gasteiger partial charge in [-0.1, -0.05) is 38.1 Å². The lowest BCUT2D eigenvalue weighted by Gasteiger charge is -2.31. The normalized spacial score (nSPS) is 13.1. The molecule has 6 heteroatoms. The Kier molecular flexibility index (Phi) is 8.62. The van der Waals surface area contributed by atoms with Gasteiger partial charge in [0.2, 0.25) is 0 Å². The highest BCUT2D eigenvalue weighted by molar-refractivity contribution is 7.48. The summed E-state index contributed by atoms with van der Waals surface area (Å²) < 4.78 is 30.5. The number of hydrogen-bond donors (Lipinski definition) is 1. The Bertz CT molecular complexity index is 969. The number of phenolic OH excluding ortho intramolecular Hbond substituents is 1. The van der Waals surface area contributed by atoms with Gasteiger partial charge < -0.3 is 5.11 Å². The van der Waals surface area contributed by atoms with Crippen LogP contribution in [0.1, 0.15) is 94.7 Å². The van der Waals surface area contributed by atoms with Gasteiger partial charge in [-0.05, 0) is 107 Å².